The standard InChI is InChI=1S/C17H29N7O2S2.Zn/c1-3-18-16(27)22-20-13-6-5-12(15(13)21-23-17(28)19-4-2)11-14(25)24-7-9-26-10-8-24;/h12H,3-11H2,1-2H3,(H2,18,22,27)(H2,19,23,28);/q;+2/p-2/b20-13+,21-15+;. The number of hydrogen-bond acceptors (Lipinski definition) is 8. The van der Waals surface area contributed by atoms with Crippen molar-refractivity contribution in [3.63, 3.8) is 0 Å². The van der Waals surface area contributed by atoms with Crippen molar-refractivity contribution in [2.24, 2.45) is 26.1 Å². The number of aliphatic imine (C=N–C) groups is 2. The van der Waals surface area contributed by atoms with E-state index >= 15 is 0 Å². The van der Waals surface area contributed by atoms with E-state index in [9.17, 15) is 4.79 Å². The molecule has 1 unspecified atom stereocenters. The van der Waals surface area contributed by atoms with Gasteiger partial charge in [0.25, 0.3) is 0 Å². The van der Waals surface area contributed by atoms with Gasteiger partial charge in [-0.15, -0.1) is 0 Å². The molecule has 0 spiro atoms. The van der Waals surface area contributed by atoms with Crippen LogP contribution in [-0.4, -0.2) is 72.0 Å². The number of morpholine rings is 1. The normalized spacial score (nSPS) is 23.2. The molecular formula is C17H27N7O2S2Zn. The van der Waals surface area contributed by atoms with Crippen molar-refractivity contribution in [2.75, 3.05) is 39.4 Å². The molecule has 2 aliphatic rings. The predicted octanol–water partition coefficient (Wildman–Crippen LogP) is 0.380. The molecule has 29 heavy (non-hydrogen) atoms. The first-order valence-electron chi connectivity index (χ1n) is 9.50. The van der Waals surface area contributed by atoms with Crippen LogP contribution in [0.15, 0.2) is 20.2 Å². The van der Waals surface area contributed by atoms with Crippen LogP contribution in [0, 0.1) is 5.92 Å². The molecule has 1 aliphatic heterocycles. The van der Waals surface area contributed by atoms with E-state index in [1.165, 1.54) is 0 Å². The van der Waals surface area contributed by atoms with Gasteiger partial charge in [0, 0.05) is 38.5 Å². The third-order valence-corrected chi connectivity index (χ3v) is 4.80. The van der Waals surface area contributed by atoms with E-state index in [1.807, 2.05) is 18.7 Å². The maximum absolute atomic E-state index is 12.7. The molecule has 0 aromatic rings. The topological polar surface area (TPSA) is 103 Å². The number of carbonyl (C=O) groups excluding carboxylic acids is 1. The second kappa shape index (κ2) is 13.9. The Balaban J connectivity index is 0.00000420. The average Bonchev–Trinajstić information content (AvgIpc) is 3.07. The zero-order valence-electron chi connectivity index (χ0n) is 17.0. The van der Waals surface area contributed by atoms with E-state index < -0.39 is 0 Å². The Kier molecular flexibility index (Phi) is 12.4. The summed E-state index contributed by atoms with van der Waals surface area (Å²) in [5.74, 6) is 0.0667. The first-order valence-corrected chi connectivity index (χ1v) is 10.3. The van der Waals surface area contributed by atoms with Gasteiger partial charge < -0.3 is 34.9 Å². The summed E-state index contributed by atoms with van der Waals surface area (Å²) >= 11 is 10.2. The molecule has 0 bridgehead atoms. The third kappa shape index (κ3) is 8.58. The molecule has 2 rings (SSSR count). The number of carbonyl (C=O) groups is 1. The SMILES string of the molecule is CCN=C([S-])N/N=C1\CCC(CC(=O)N2CCOCC2)\C1=N/NC([S-])=NCC.[Zn+2]. The van der Waals surface area contributed by atoms with Crippen molar-refractivity contribution in [3.05, 3.63) is 0 Å². The zero-order chi connectivity index (χ0) is 20.4. The van der Waals surface area contributed by atoms with Crippen LogP contribution in [0.5, 0.6) is 0 Å². The van der Waals surface area contributed by atoms with Crippen LogP contribution in [0.25, 0.3) is 0 Å². The van der Waals surface area contributed by atoms with Gasteiger partial charge in [-0.25, -0.2) is 0 Å². The molecule has 12 heteroatoms. The Morgan fingerprint density at radius 3 is 2.28 bits per heavy atom. The summed E-state index contributed by atoms with van der Waals surface area (Å²) in [6.07, 6.45) is 1.86. The number of hydrogen-bond donors (Lipinski definition) is 2. The molecule has 2 N–H and O–H groups in total. The maximum Gasteiger partial charge on any atom is 2.00 e. The summed E-state index contributed by atoms with van der Waals surface area (Å²) in [5.41, 5.74) is 7.04. The van der Waals surface area contributed by atoms with E-state index in [0.29, 0.717) is 68.3 Å². The first kappa shape index (κ1) is 25.8. The van der Waals surface area contributed by atoms with Crippen molar-refractivity contribution in [1.29, 1.82) is 0 Å². The summed E-state index contributed by atoms with van der Waals surface area (Å²) in [6.45, 7) is 7.39. The smallest absolute Gasteiger partial charge is 0.741 e. The van der Waals surface area contributed by atoms with Crippen molar-refractivity contribution in [1.82, 2.24) is 15.8 Å². The minimum absolute atomic E-state index is 0. The number of rotatable bonds is 6. The molecule has 1 aliphatic carbocycles. The summed E-state index contributed by atoms with van der Waals surface area (Å²) in [4.78, 5) is 22.7. The van der Waals surface area contributed by atoms with Crippen molar-refractivity contribution >= 4 is 52.9 Å². The fourth-order valence-corrected chi connectivity index (χ4v) is 3.36. The first-order chi connectivity index (χ1) is 13.5. The van der Waals surface area contributed by atoms with E-state index in [2.05, 4.69) is 31.0 Å². The van der Waals surface area contributed by atoms with Crippen molar-refractivity contribution in [2.45, 2.75) is 33.1 Å². The van der Waals surface area contributed by atoms with E-state index in [0.717, 1.165) is 12.1 Å². The average molecular weight is 491 g/mol. The molecule has 0 aromatic carbocycles. The molecule has 0 aromatic heterocycles. The Hall–Kier alpha value is -1.23. The van der Waals surface area contributed by atoms with Crippen LogP contribution < -0.4 is 10.9 Å². The van der Waals surface area contributed by atoms with Gasteiger partial charge in [0.05, 0.1) is 24.6 Å². The molecule has 1 saturated carbocycles. The summed E-state index contributed by atoms with van der Waals surface area (Å²) in [7, 11) is 0. The molecule has 1 atom stereocenters. The van der Waals surface area contributed by atoms with E-state index in [1.54, 1.807) is 0 Å². The summed E-state index contributed by atoms with van der Waals surface area (Å²) in [5, 5.41) is 9.41. The molecule has 1 amide bonds. The van der Waals surface area contributed by atoms with Gasteiger partial charge in [0.2, 0.25) is 5.91 Å². The Labute approximate surface area is 195 Å². The molecule has 2 fully saturated rings. The Morgan fingerprint density at radius 2 is 1.69 bits per heavy atom. The number of nitrogens with one attached hydrogen (secondary N) is 2. The van der Waals surface area contributed by atoms with Crippen LogP contribution in [0.2, 0.25) is 0 Å². The number of nitrogens with zero attached hydrogens (tertiary/aromatic N) is 5. The second-order valence-electron chi connectivity index (χ2n) is 6.27. The van der Waals surface area contributed by atoms with Crippen LogP contribution in [0.4, 0.5) is 0 Å². The minimum Gasteiger partial charge on any atom is -0.741 e. The van der Waals surface area contributed by atoms with Crippen LogP contribution in [0.3, 0.4) is 0 Å². The molecular weight excluding hydrogens is 464 g/mol. The Bertz CT molecular complexity index is 664. The fraction of sp³-hybridized carbons (Fsp3) is 0.706. The van der Waals surface area contributed by atoms with Gasteiger partial charge in [0.15, 0.2) is 0 Å². The van der Waals surface area contributed by atoms with E-state index in [4.69, 9.17) is 30.0 Å². The van der Waals surface area contributed by atoms with Crippen LogP contribution in [-0.2, 0) is 54.3 Å². The molecule has 1 saturated heterocycles. The molecule has 156 valence electrons. The van der Waals surface area contributed by atoms with E-state index in [-0.39, 0.29) is 31.3 Å². The fourth-order valence-electron chi connectivity index (χ4n) is 3.01. The van der Waals surface area contributed by atoms with Gasteiger partial charge in [0.1, 0.15) is 0 Å². The van der Waals surface area contributed by atoms with Gasteiger partial charge in [-0.05, 0) is 37.0 Å². The molecule has 1 heterocycles. The molecule has 0 radical (unpaired) electrons. The van der Waals surface area contributed by atoms with Crippen LogP contribution >= 0.6 is 0 Å². The van der Waals surface area contributed by atoms with Gasteiger partial charge >= 0.3 is 19.5 Å². The summed E-state index contributed by atoms with van der Waals surface area (Å²) < 4.78 is 5.32. The van der Waals surface area contributed by atoms with Crippen LogP contribution in [0.1, 0.15) is 33.1 Å². The number of hydrazone groups is 2. The monoisotopic (exact) mass is 489 g/mol. The number of amides is 1. The van der Waals surface area contributed by atoms with Gasteiger partial charge in [-0.2, -0.15) is 10.2 Å². The van der Waals surface area contributed by atoms with Gasteiger partial charge in [-0.1, -0.05) is 0 Å². The molecule has 9 nitrogen and oxygen atoms in total. The number of amidine groups is 2. The quantitative estimate of drug-likeness (QED) is 0.183. The minimum atomic E-state index is -0.0375. The van der Waals surface area contributed by atoms with Crippen molar-refractivity contribution < 1.29 is 29.0 Å². The largest absolute Gasteiger partial charge is 2.00 e. The summed E-state index contributed by atoms with van der Waals surface area (Å²) in [6, 6.07) is 0. The van der Waals surface area contributed by atoms with Gasteiger partial charge in [-0.3, -0.25) is 25.6 Å². The predicted molar refractivity (Wildman–Crippen MR) is 117 cm³/mol. The van der Waals surface area contributed by atoms with Crippen molar-refractivity contribution in [3.8, 4) is 0 Å². The third-order valence-electron chi connectivity index (χ3n) is 4.36. The zero-order valence-corrected chi connectivity index (χ0v) is 21.6. The second-order valence-corrected chi connectivity index (χ2v) is 7.04. The number of ether oxygens (including phenoxy) is 1. The Morgan fingerprint density at radius 1 is 1.10 bits per heavy atom. The maximum atomic E-state index is 12.7.